The number of hydrogen-bond donors (Lipinski definition) is 0. The number of ether oxygens (including phenoxy) is 2. The van der Waals surface area contributed by atoms with Gasteiger partial charge in [0.1, 0.15) is 19.8 Å². The van der Waals surface area contributed by atoms with E-state index in [2.05, 4.69) is 98.9 Å². The van der Waals surface area contributed by atoms with Crippen molar-refractivity contribution >= 4 is 19.8 Å². The lowest BCUT2D eigenvalue weighted by Gasteiger charge is -2.28. The molecule has 0 N–H and O–H groups in total. The van der Waals surface area contributed by atoms with E-state index < -0.39 is 32.5 Å². The van der Waals surface area contributed by atoms with Crippen LogP contribution in [0.3, 0.4) is 0 Å². The summed E-state index contributed by atoms with van der Waals surface area (Å²) in [4.78, 5) is 37.5. The van der Waals surface area contributed by atoms with E-state index in [0.717, 1.165) is 89.9 Å². The van der Waals surface area contributed by atoms with Crippen LogP contribution in [0.4, 0.5) is 0 Å². The summed E-state index contributed by atoms with van der Waals surface area (Å²) in [5.41, 5.74) is 0. The van der Waals surface area contributed by atoms with Crippen LogP contribution in [0, 0.1) is 0 Å². The van der Waals surface area contributed by atoms with Gasteiger partial charge in [-0.05, 0) is 70.6 Å². The van der Waals surface area contributed by atoms with Crippen LogP contribution < -0.4 is 4.89 Å². The van der Waals surface area contributed by atoms with Crippen LogP contribution >= 0.6 is 7.82 Å². The number of nitrogens with zero attached hydrogens (tertiary/aromatic N) is 1. The van der Waals surface area contributed by atoms with Crippen LogP contribution in [0.25, 0.3) is 0 Å². The maximum absolute atomic E-state index is 12.7. The van der Waals surface area contributed by atoms with Gasteiger partial charge in [0.25, 0.3) is 7.82 Å². The van der Waals surface area contributed by atoms with E-state index in [1.807, 2.05) is 21.1 Å². The Morgan fingerprint density at radius 2 is 0.891 bits per heavy atom. The van der Waals surface area contributed by atoms with Crippen molar-refractivity contribution in [2.75, 3.05) is 47.5 Å². The SMILES string of the molecule is CC/C=C\C/C=C\C/C=C\C/C=C\C/C=C\C/C=C\C/C=C\CCCCCCCCCCCC(=O)OC(COC(=O)CCCCCCCCCCC)COP(=O)([O-])OCC[N+](C)(C)C. The van der Waals surface area contributed by atoms with Gasteiger partial charge in [0, 0.05) is 12.8 Å². The van der Waals surface area contributed by atoms with Gasteiger partial charge in [0.2, 0.25) is 0 Å². The lowest BCUT2D eigenvalue weighted by Crippen LogP contribution is -2.37. The van der Waals surface area contributed by atoms with Crippen molar-refractivity contribution in [3.63, 3.8) is 0 Å². The molecule has 0 bridgehead atoms. The molecule has 0 aromatic rings. The molecule has 0 aliphatic carbocycles. The summed E-state index contributed by atoms with van der Waals surface area (Å²) in [6.45, 7) is 4.07. The molecule has 0 radical (unpaired) electrons. The van der Waals surface area contributed by atoms with Gasteiger partial charge in [0.15, 0.2) is 6.10 Å². The number of rotatable bonds is 45. The minimum Gasteiger partial charge on any atom is -0.756 e. The molecule has 368 valence electrons. The van der Waals surface area contributed by atoms with Crippen LogP contribution in [0.15, 0.2) is 85.1 Å². The molecule has 0 aliphatic rings. The average Bonchev–Trinajstić information content (AvgIpc) is 3.25. The van der Waals surface area contributed by atoms with Crippen LogP contribution in [0.2, 0.25) is 0 Å². The number of phosphoric acid groups is 1. The first-order valence-electron chi connectivity index (χ1n) is 25.3. The lowest BCUT2D eigenvalue weighted by molar-refractivity contribution is -0.870. The fraction of sp³-hybridized carbons (Fsp3) is 0.704. The van der Waals surface area contributed by atoms with Gasteiger partial charge in [-0.15, -0.1) is 0 Å². The van der Waals surface area contributed by atoms with Crippen LogP contribution in [-0.2, 0) is 32.7 Å². The topological polar surface area (TPSA) is 111 Å². The van der Waals surface area contributed by atoms with Gasteiger partial charge in [-0.1, -0.05) is 195 Å². The second-order valence-corrected chi connectivity index (χ2v) is 19.2. The van der Waals surface area contributed by atoms with E-state index >= 15 is 0 Å². The number of carbonyl (C=O) groups is 2. The minimum absolute atomic E-state index is 0.0348. The van der Waals surface area contributed by atoms with Gasteiger partial charge in [-0.25, -0.2) is 0 Å². The van der Waals surface area contributed by atoms with Gasteiger partial charge in [-0.3, -0.25) is 14.2 Å². The fourth-order valence-electron chi connectivity index (χ4n) is 6.52. The Labute approximate surface area is 392 Å². The summed E-state index contributed by atoms with van der Waals surface area (Å²) in [7, 11) is 1.15. The summed E-state index contributed by atoms with van der Waals surface area (Å²) in [6, 6.07) is 0. The molecule has 2 unspecified atom stereocenters. The molecule has 10 heteroatoms. The molecule has 0 saturated carbocycles. The number of carbonyl (C=O) groups excluding carboxylic acids is 2. The largest absolute Gasteiger partial charge is 0.756 e. The van der Waals surface area contributed by atoms with Gasteiger partial charge in [0.05, 0.1) is 27.7 Å². The van der Waals surface area contributed by atoms with Crippen molar-refractivity contribution in [3.8, 4) is 0 Å². The molecular formula is C54H94NO8P. The van der Waals surface area contributed by atoms with Crippen molar-refractivity contribution in [2.45, 2.75) is 200 Å². The number of allylic oxidation sites excluding steroid dienone is 14. The molecule has 64 heavy (non-hydrogen) atoms. The molecule has 2 atom stereocenters. The Morgan fingerprint density at radius 1 is 0.500 bits per heavy atom. The molecule has 0 amide bonds. The standard InChI is InChI=1S/C54H94NO8P/c1-6-8-10-12-14-16-17-18-19-20-21-22-23-24-25-26-27-28-29-30-31-32-33-34-35-36-37-39-41-43-45-47-54(57)63-52(51-62-64(58,59)61-49-48-55(3,4)5)50-60-53(56)46-44-42-40-38-15-13-11-9-7-2/h8,10,14,16,18-19,21-22,24-25,27-28,30-31,52H,6-7,9,11-13,15,17,20,23,26,29,32-51H2,1-5H3/b10-8-,16-14-,19-18-,22-21-,25-24-,28-27-,31-30-. The van der Waals surface area contributed by atoms with E-state index in [0.29, 0.717) is 17.4 Å². The van der Waals surface area contributed by atoms with Crippen molar-refractivity contribution in [1.29, 1.82) is 0 Å². The molecule has 0 spiro atoms. The summed E-state index contributed by atoms with van der Waals surface area (Å²) < 4.78 is 33.9. The highest BCUT2D eigenvalue weighted by molar-refractivity contribution is 7.45. The first-order valence-corrected chi connectivity index (χ1v) is 26.8. The number of phosphoric ester groups is 1. The molecule has 0 aromatic heterocycles. The Bertz CT molecular complexity index is 1360. The van der Waals surface area contributed by atoms with Crippen molar-refractivity contribution in [2.24, 2.45) is 0 Å². The average molecular weight is 916 g/mol. The Balaban J connectivity index is 4.14. The molecule has 0 fully saturated rings. The zero-order valence-electron chi connectivity index (χ0n) is 41.4. The summed E-state index contributed by atoms with van der Waals surface area (Å²) >= 11 is 0. The number of quaternary nitrogens is 1. The molecule has 0 saturated heterocycles. The third-order valence-electron chi connectivity index (χ3n) is 10.4. The Hall–Kier alpha value is -2.81. The number of likely N-dealkylation sites (N-methyl/N-ethyl adjacent to an activating group) is 1. The second-order valence-electron chi connectivity index (χ2n) is 17.8. The van der Waals surface area contributed by atoms with Crippen molar-refractivity contribution in [3.05, 3.63) is 85.1 Å². The van der Waals surface area contributed by atoms with Crippen molar-refractivity contribution in [1.82, 2.24) is 0 Å². The second kappa shape index (κ2) is 45.4. The van der Waals surface area contributed by atoms with E-state index in [9.17, 15) is 19.0 Å². The highest BCUT2D eigenvalue weighted by Crippen LogP contribution is 2.38. The monoisotopic (exact) mass is 916 g/mol. The van der Waals surface area contributed by atoms with Crippen LogP contribution in [0.1, 0.15) is 194 Å². The normalized spacial score (nSPS) is 14.2. The zero-order chi connectivity index (χ0) is 47.1. The maximum atomic E-state index is 12.7. The molecule has 9 nitrogen and oxygen atoms in total. The molecular weight excluding hydrogens is 822 g/mol. The number of esters is 2. The van der Waals surface area contributed by atoms with Crippen molar-refractivity contribution < 1.29 is 42.1 Å². The highest BCUT2D eigenvalue weighted by Gasteiger charge is 2.21. The Kier molecular flexibility index (Phi) is 43.4. The fourth-order valence-corrected chi connectivity index (χ4v) is 7.25. The minimum atomic E-state index is -4.63. The zero-order valence-corrected chi connectivity index (χ0v) is 42.3. The van der Waals surface area contributed by atoms with Gasteiger partial charge >= 0.3 is 11.9 Å². The van der Waals surface area contributed by atoms with Crippen LogP contribution in [0.5, 0.6) is 0 Å². The molecule has 0 heterocycles. The van der Waals surface area contributed by atoms with E-state index in [4.69, 9.17) is 18.5 Å². The first kappa shape index (κ1) is 61.2. The quantitative estimate of drug-likeness (QED) is 0.0195. The summed E-state index contributed by atoms with van der Waals surface area (Å²) in [6.07, 6.45) is 59.2. The highest BCUT2D eigenvalue weighted by atomic mass is 31.2. The number of hydrogen-bond acceptors (Lipinski definition) is 8. The Morgan fingerprint density at radius 3 is 1.33 bits per heavy atom. The van der Waals surface area contributed by atoms with E-state index in [1.165, 1.54) is 70.6 Å². The van der Waals surface area contributed by atoms with Gasteiger partial charge in [-0.2, -0.15) is 0 Å². The van der Waals surface area contributed by atoms with E-state index in [1.54, 1.807) is 0 Å². The smallest absolute Gasteiger partial charge is 0.306 e. The van der Waals surface area contributed by atoms with Crippen LogP contribution in [-0.4, -0.2) is 70.0 Å². The molecule has 0 aliphatic heterocycles. The molecule has 0 aromatic carbocycles. The van der Waals surface area contributed by atoms with E-state index in [-0.39, 0.29) is 26.1 Å². The predicted octanol–water partition coefficient (Wildman–Crippen LogP) is 14.5. The maximum Gasteiger partial charge on any atom is 0.306 e. The molecule has 0 rings (SSSR count). The summed E-state index contributed by atoms with van der Waals surface area (Å²) in [5, 5.41) is 0. The first-order chi connectivity index (χ1) is 31.0. The number of unbranched alkanes of at least 4 members (excludes halogenated alkanes) is 17. The van der Waals surface area contributed by atoms with Gasteiger partial charge < -0.3 is 27.9 Å². The third kappa shape index (κ3) is 48.6. The summed E-state index contributed by atoms with van der Waals surface area (Å²) in [5.74, 6) is -0.848. The lowest BCUT2D eigenvalue weighted by atomic mass is 10.1. The third-order valence-corrected chi connectivity index (χ3v) is 11.4. The predicted molar refractivity (Wildman–Crippen MR) is 268 cm³/mol.